The molecule has 2 N–H and O–H groups in total. The van der Waals surface area contributed by atoms with Gasteiger partial charge < -0.3 is 10.3 Å². The summed E-state index contributed by atoms with van der Waals surface area (Å²) in [5.41, 5.74) is 2.04. The number of phenols is 1. The van der Waals surface area contributed by atoms with Crippen molar-refractivity contribution in [3.8, 4) is 5.75 Å². The molecular formula is C14H13NO2. The Morgan fingerprint density at radius 1 is 0.941 bits per heavy atom. The second kappa shape index (κ2) is 5.16. The Morgan fingerprint density at radius 2 is 1.59 bits per heavy atom. The maximum absolute atomic E-state index is 9.70. The van der Waals surface area contributed by atoms with E-state index in [0.717, 1.165) is 5.56 Å². The van der Waals surface area contributed by atoms with Gasteiger partial charge in [-0.3, -0.25) is 0 Å². The van der Waals surface area contributed by atoms with Crippen LogP contribution in [0.5, 0.6) is 5.75 Å². The monoisotopic (exact) mass is 227 g/mol. The maximum Gasteiger partial charge on any atom is 0.124 e. The van der Waals surface area contributed by atoms with E-state index in [1.54, 1.807) is 24.3 Å². The van der Waals surface area contributed by atoms with Gasteiger partial charge in [0.1, 0.15) is 5.75 Å². The van der Waals surface area contributed by atoms with Crippen molar-refractivity contribution in [2.75, 3.05) is 0 Å². The summed E-state index contributed by atoms with van der Waals surface area (Å²) in [6.07, 6.45) is 0.481. The Bertz CT molecular complexity index is 521. The lowest BCUT2D eigenvalue weighted by Gasteiger charge is -2.06. The number of benzene rings is 2. The molecule has 3 heteroatoms. The Labute approximate surface area is 99.7 Å². The third-order valence-corrected chi connectivity index (χ3v) is 2.55. The number of oxime groups is 1. The van der Waals surface area contributed by atoms with Crippen molar-refractivity contribution < 1.29 is 10.3 Å². The minimum absolute atomic E-state index is 0.122. The van der Waals surface area contributed by atoms with E-state index in [1.165, 1.54) is 0 Å². The van der Waals surface area contributed by atoms with Crippen LogP contribution in [0.3, 0.4) is 0 Å². The first-order valence-corrected chi connectivity index (χ1v) is 5.34. The van der Waals surface area contributed by atoms with E-state index >= 15 is 0 Å². The van der Waals surface area contributed by atoms with Gasteiger partial charge in [-0.1, -0.05) is 47.6 Å². The second-order valence-electron chi connectivity index (χ2n) is 3.73. The number of hydrogen-bond acceptors (Lipinski definition) is 3. The van der Waals surface area contributed by atoms with Crippen LogP contribution >= 0.6 is 0 Å². The standard InChI is InChI=1S/C14H13NO2/c16-14-9-5-4-8-12(14)13(15-17)10-11-6-2-1-3-7-11/h1-9,16-17H,10H2. The highest BCUT2D eigenvalue weighted by Gasteiger charge is 2.09. The van der Waals surface area contributed by atoms with Crippen LogP contribution in [0.2, 0.25) is 0 Å². The number of hydrogen-bond donors (Lipinski definition) is 2. The van der Waals surface area contributed by atoms with Crippen molar-refractivity contribution in [1.82, 2.24) is 0 Å². The first-order chi connectivity index (χ1) is 8.31. The van der Waals surface area contributed by atoms with Gasteiger partial charge in [-0.15, -0.1) is 0 Å². The maximum atomic E-state index is 9.70. The average molecular weight is 227 g/mol. The topological polar surface area (TPSA) is 52.8 Å². The van der Waals surface area contributed by atoms with E-state index in [4.69, 9.17) is 5.21 Å². The molecule has 0 aliphatic rings. The van der Waals surface area contributed by atoms with E-state index in [-0.39, 0.29) is 5.75 Å². The van der Waals surface area contributed by atoms with Crippen LogP contribution in [-0.2, 0) is 6.42 Å². The fourth-order valence-corrected chi connectivity index (χ4v) is 1.69. The SMILES string of the molecule is ON=C(Cc1ccccc1)c1ccccc1O. The lowest BCUT2D eigenvalue weighted by molar-refractivity contribution is 0.318. The van der Waals surface area contributed by atoms with Crippen molar-refractivity contribution in [2.24, 2.45) is 5.16 Å². The van der Waals surface area contributed by atoms with Gasteiger partial charge in [0.15, 0.2) is 0 Å². The molecule has 0 saturated heterocycles. The van der Waals surface area contributed by atoms with Gasteiger partial charge in [-0.25, -0.2) is 0 Å². The van der Waals surface area contributed by atoms with Crippen molar-refractivity contribution in [3.63, 3.8) is 0 Å². The van der Waals surface area contributed by atoms with Crippen LogP contribution in [0, 0.1) is 0 Å². The highest BCUT2D eigenvalue weighted by atomic mass is 16.4. The number of rotatable bonds is 3. The lowest BCUT2D eigenvalue weighted by Crippen LogP contribution is -2.05. The second-order valence-corrected chi connectivity index (χ2v) is 3.73. The van der Waals surface area contributed by atoms with Crippen LogP contribution in [-0.4, -0.2) is 16.0 Å². The number of nitrogens with zero attached hydrogens (tertiary/aromatic N) is 1. The van der Waals surface area contributed by atoms with Gasteiger partial charge in [0.05, 0.1) is 5.71 Å². The minimum Gasteiger partial charge on any atom is -0.507 e. The molecule has 0 amide bonds. The fraction of sp³-hybridized carbons (Fsp3) is 0.0714. The summed E-state index contributed by atoms with van der Waals surface area (Å²) in [7, 11) is 0. The largest absolute Gasteiger partial charge is 0.507 e. The van der Waals surface area contributed by atoms with Crippen LogP contribution in [0.4, 0.5) is 0 Å². The Hall–Kier alpha value is -2.29. The minimum atomic E-state index is 0.122. The van der Waals surface area contributed by atoms with Crippen LogP contribution in [0.1, 0.15) is 11.1 Å². The molecule has 0 aliphatic carbocycles. The average Bonchev–Trinajstić information content (AvgIpc) is 2.38. The summed E-state index contributed by atoms with van der Waals surface area (Å²) in [5.74, 6) is 0.122. The zero-order chi connectivity index (χ0) is 12.1. The predicted molar refractivity (Wildman–Crippen MR) is 66.6 cm³/mol. The molecule has 0 heterocycles. The third kappa shape index (κ3) is 2.64. The summed E-state index contributed by atoms with van der Waals surface area (Å²) in [6.45, 7) is 0. The summed E-state index contributed by atoms with van der Waals surface area (Å²) in [6, 6.07) is 16.5. The molecule has 0 atom stereocenters. The predicted octanol–water partition coefficient (Wildman–Crippen LogP) is 2.81. The highest BCUT2D eigenvalue weighted by Crippen LogP contribution is 2.18. The van der Waals surface area contributed by atoms with Gasteiger partial charge in [0, 0.05) is 12.0 Å². The Balaban J connectivity index is 2.28. The molecule has 0 aromatic heterocycles. The molecule has 0 spiro atoms. The lowest BCUT2D eigenvalue weighted by atomic mass is 10.0. The van der Waals surface area contributed by atoms with Crippen molar-refractivity contribution in [3.05, 3.63) is 65.7 Å². The molecule has 17 heavy (non-hydrogen) atoms. The number of para-hydroxylation sites is 1. The molecular weight excluding hydrogens is 214 g/mol. The molecule has 0 unspecified atom stereocenters. The Kier molecular flexibility index (Phi) is 3.40. The van der Waals surface area contributed by atoms with Crippen molar-refractivity contribution in [1.29, 1.82) is 0 Å². The summed E-state index contributed by atoms with van der Waals surface area (Å²) < 4.78 is 0. The fourth-order valence-electron chi connectivity index (χ4n) is 1.69. The van der Waals surface area contributed by atoms with E-state index in [1.807, 2.05) is 30.3 Å². The smallest absolute Gasteiger partial charge is 0.124 e. The number of phenolic OH excluding ortho intramolecular Hbond substituents is 1. The molecule has 86 valence electrons. The summed E-state index contributed by atoms with van der Waals surface area (Å²) >= 11 is 0. The normalized spacial score (nSPS) is 11.4. The Morgan fingerprint density at radius 3 is 2.24 bits per heavy atom. The molecule has 2 aromatic carbocycles. The van der Waals surface area contributed by atoms with Gasteiger partial charge in [0.25, 0.3) is 0 Å². The zero-order valence-corrected chi connectivity index (χ0v) is 9.24. The first-order valence-electron chi connectivity index (χ1n) is 5.34. The molecule has 2 aromatic rings. The van der Waals surface area contributed by atoms with E-state index < -0.39 is 0 Å². The molecule has 0 saturated carbocycles. The van der Waals surface area contributed by atoms with E-state index in [9.17, 15) is 5.11 Å². The van der Waals surface area contributed by atoms with Gasteiger partial charge >= 0.3 is 0 Å². The van der Waals surface area contributed by atoms with Crippen LogP contribution in [0.15, 0.2) is 59.8 Å². The van der Waals surface area contributed by atoms with E-state index in [0.29, 0.717) is 17.7 Å². The molecule has 0 aliphatic heterocycles. The van der Waals surface area contributed by atoms with E-state index in [2.05, 4.69) is 5.16 Å². The summed E-state index contributed by atoms with van der Waals surface area (Å²) in [5, 5.41) is 22.0. The molecule has 0 bridgehead atoms. The molecule has 0 radical (unpaired) electrons. The zero-order valence-electron chi connectivity index (χ0n) is 9.24. The van der Waals surface area contributed by atoms with Crippen molar-refractivity contribution >= 4 is 5.71 Å². The van der Waals surface area contributed by atoms with Crippen LogP contribution < -0.4 is 0 Å². The molecule has 3 nitrogen and oxygen atoms in total. The quantitative estimate of drug-likeness (QED) is 0.481. The van der Waals surface area contributed by atoms with Gasteiger partial charge in [-0.2, -0.15) is 0 Å². The van der Waals surface area contributed by atoms with Gasteiger partial charge in [-0.05, 0) is 17.7 Å². The van der Waals surface area contributed by atoms with Gasteiger partial charge in [0.2, 0.25) is 0 Å². The summed E-state index contributed by atoms with van der Waals surface area (Å²) in [4.78, 5) is 0. The highest BCUT2D eigenvalue weighted by molar-refractivity contribution is 6.03. The number of aromatic hydroxyl groups is 1. The van der Waals surface area contributed by atoms with Crippen LogP contribution in [0.25, 0.3) is 0 Å². The third-order valence-electron chi connectivity index (χ3n) is 2.55. The van der Waals surface area contributed by atoms with Crippen molar-refractivity contribution in [2.45, 2.75) is 6.42 Å². The molecule has 0 fully saturated rings. The molecule has 2 rings (SSSR count). The first kappa shape index (κ1) is 11.2.